The number of hydrogen-bond acceptors (Lipinski definition) is 4. The first-order valence-corrected chi connectivity index (χ1v) is 26.0. The second kappa shape index (κ2) is 30.8. The number of alkyl halides is 12. The highest BCUT2D eigenvalue weighted by molar-refractivity contribution is 6.39. The minimum atomic E-state index is -4.76. The Kier molecular flexibility index (Phi) is 26.6. The summed E-state index contributed by atoms with van der Waals surface area (Å²) in [6.45, 7) is 12.1. The van der Waals surface area contributed by atoms with Crippen molar-refractivity contribution in [1.82, 2.24) is 0 Å². The fraction of sp³-hybridized carbons (Fsp3) is 0.571. The molecule has 4 rings (SSSR count). The third-order valence-electron chi connectivity index (χ3n) is 13.1. The topological polar surface area (TPSA) is 36.9 Å². The molecule has 1 atom stereocenters. The Hall–Kier alpha value is -4.58. The number of quaternary nitrogens is 1. The van der Waals surface area contributed by atoms with Crippen LogP contribution in [0.5, 0.6) is 17.2 Å². The van der Waals surface area contributed by atoms with E-state index in [4.69, 9.17) is 18.7 Å². The van der Waals surface area contributed by atoms with Crippen molar-refractivity contribution >= 4 is 7.32 Å². The summed E-state index contributed by atoms with van der Waals surface area (Å²) >= 11 is 0. The number of benzene rings is 4. The van der Waals surface area contributed by atoms with Gasteiger partial charge in [-0.1, -0.05) is 103 Å². The summed E-state index contributed by atoms with van der Waals surface area (Å²) in [4.78, 5) is 0. The van der Waals surface area contributed by atoms with E-state index in [0.717, 1.165) is 194 Å². The lowest BCUT2D eigenvalue weighted by Crippen LogP contribution is -2.64. The van der Waals surface area contributed by atoms with Crippen molar-refractivity contribution in [2.24, 2.45) is 0 Å². The van der Waals surface area contributed by atoms with Gasteiger partial charge >= 0.3 is 32.0 Å². The highest BCUT2D eigenvalue weighted by Gasteiger charge is 2.52. The molecule has 0 fully saturated rings. The van der Waals surface area contributed by atoms with E-state index in [0.29, 0.717) is 24.1 Å². The molecule has 0 amide bonds. The van der Waals surface area contributed by atoms with Crippen molar-refractivity contribution in [3.05, 3.63) is 125 Å². The summed E-state index contributed by atoms with van der Waals surface area (Å²) in [5, 5.41) is 0. The molecule has 5 nitrogen and oxygen atoms in total. The molecular weight excluding hydrogens is 989 g/mol. The first-order valence-electron chi connectivity index (χ1n) is 26.0. The van der Waals surface area contributed by atoms with Crippen LogP contribution in [0.15, 0.2) is 91.0 Å². The smallest absolute Gasteiger partial charge is 0.490 e. The molecule has 0 heterocycles. The van der Waals surface area contributed by atoms with Crippen LogP contribution in [0.1, 0.15) is 178 Å². The van der Waals surface area contributed by atoms with E-state index in [-0.39, 0.29) is 29.4 Å². The van der Waals surface area contributed by atoms with Gasteiger partial charge in [0, 0.05) is 6.92 Å². The highest BCUT2D eigenvalue weighted by atomic mass is 19.4. The number of rotatable bonds is 31. The van der Waals surface area contributed by atoms with E-state index in [9.17, 15) is 52.7 Å². The van der Waals surface area contributed by atoms with Crippen LogP contribution >= 0.6 is 0 Å². The summed E-state index contributed by atoms with van der Waals surface area (Å²) < 4.78 is 186. The molecule has 0 aromatic heterocycles. The Morgan fingerprint density at radius 1 is 0.419 bits per heavy atom. The van der Waals surface area contributed by atoms with Gasteiger partial charge in [0.15, 0.2) is 0 Å². The Morgan fingerprint density at radius 2 is 0.757 bits per heavy atom. The van der Waals surface area contributed by atoms with Crippen LogP contribution in [0.4, 0.5) is 52.7 Å². The van der Waals surface area contributed by atoms with Crippen molar-refractivity contribution in [2.45, 2.75) is 181 Å². The van der Waals surface area contributed by atoms with E-state index < -0.39 is 60.0 Å². The molecule has 74 heavy (non-hydrogen) atoms. The minimum absolute atomic E-state index is 0.0733. The Labute approximate surface area is 431 Å². The molecule has 1 unspecified atom stereocenters. The number of nitrogens with zero attached hydrogens (tertiary/aromatic N) is 1. The van der Waals surface area contributed by atoms with Gasteiger partial charge in [-0.2, -0.15) is 83.0 Å². The molecule has 18 heteroatoms. The molecule has 0 bridgehead atoms. The monoisotopic (exact) mass is 1060 g/mol. The van der Waals surface area contributed by atoms with E-state index >= 15 is 0 Å². The summed E-state index contributed by atoms with van der Waals surface area (Å²) in [5.41, 5.74) is -4.87. The molecule has 0 spiro atoms. The first-order chi connectivity index (χ1) is 34.9. The molecule has 4 aromatic rings. The third kappa shape index (κ3) is 21.2. The van der Waals surface area contributed by atoms with Gasteiger partial charge in [0.2, 0.25) is 5.72 Å². The molecule has 0 saturated heterocycles. The van der Waals surface area contributed by atoms with Crippen molar-refractivity contribution in [3.63, 3.8) is 0 Å². The average Bonchev–Trinajstić information content (AvgIpc) is 3.34. The Bertz CT molecular complexity index is 2030. The van der Waals surface area contributed by atoms with Crippen molar-refractivity contribution in [3.8, 4) is 17.2 Å². The molecule has 0 radical (unpaired) electrons. The van der Waals surface area contributed by atoms with Crippen LogP contribution in [-0.4, -0.2) is 38.0 Å². The van der Waals surface area contributed by atoms with Gasteiger partial charge in [-0.25, -0.2) is 0 Å². The predicted octanol–water partition coefficient (Wildman–Crippen LogP) is 18.9. The molecule has 0 aliphatic carbocycles. The van der Waals surface area contributed by atoms with Crippen molar-refractivity contribution in [2.75, 3.05) is 26.2 Å². The largest absolute Gasteiger partial charge is 0.864 e. The Balaban J connectivity index is 0.00000128. The van der Waals surface area contributed by atoms with Crippen LogP contribution in [0.25, 0.3) is 0 Å². The number of hydrogen-bond donors (Lipinski definition) is 0. The van der Waals surface area contributed by atoms with Gasteiger partial charge in [0.25, 0.3) is 0 Å². The molecule has 0 aliphatic rings. The molecule has 0 N–H and O–H groups in total. The van der Waals surface area contributed by atoms with Gasteiger partial charge in [-0.15, -0.1) is 0 Å². The molecule has 414 valence electrons. The fourth-order valence-electron chi connectivity index (χ4n) is 8.90. The summed E-state index contributed by atoms with van der Waals surface area (Å²) in [7, 11) is -1.90. The lowest BCUT2D eigenvalue weighted by molar-refractivity contribution is -1.01. The normalized spacial score (nSPS) is 13.2. The van der Waals surface area contributed by atoms with E-state index in [1.165, 1.54) is 12.1 Å². The first kappa shape index (κ1) is 63.7. The van der Waals surface area contributed by atoms with Gasteiger partial charge < -0.3 is 18.7 Å². The number of ether oxygens (including phenoxy) is 1. The van der Waals surface area contributed by atoms with Crippen molar-refractivity contribution in [1.29, 1.82) is 0 Å². The van der Waals surface area contributed by atoms with Crippen molar-refractivity contribution < 1.29 is 75.9 Å². The van der Waals surface area contributed by atoms with E-state index in [1.807, 2.05) is 6.92 Å². The molecule has 4 aromatic carbocycles. The lowest BCUT2D eigenvalue weighted by atomic mass is 9.92. The van der Waals surface area contributed by atoms with Gasteiger partial charge in [0.1, 0.15) is 17.2 Å². The zero-order valence-corrected chi connectivity index (χ0v) is 43.4. The average molecular weight is 1060 g/mol. The highest BCUT2D eigenvalue weighted by Crippen LogP contribution is 2.46. The number of halogens is 12. The predicted molar refractivity (Wildman–Crippen MR) is 266 cm³/mol. The maximum absolute atomic E-state index is 14.8. The SMILES string of the molecule is CCCCCCCC[N+](CCCCCCCC)(CCCCCCCC)C(C)(OCC)c1cc(C(F)(F)F)ccc1OB(Oc1ccc(C(F)(F)F)cc1)Oc1ccc(C(F)(F)F)cc1.FC(F)(F)c1cc[c-]cc1. The van der Waals surface area contributed by atoms with Crippen LogP contribution in [0, 0.1) is 6.07 Å². The summed E-state index contributed by atoms with van der Waals surface area (Å²) in [6, 6.07) is 17.2. The maximum Gasteiger partial charge on any atom is 0.864 e. The summed E-state index contributed by atoms with van der Waals surface area (Å²) in [6.07, 6.45) is -0.157. The fourth-order valence-corrected chi connectivity index (χ4v) is 8.90. The second-order valence-corrected chi connectivity index (χ2v) is 18.7. The molecule has 0 saturated carbocycles. The molecule has 0 aliphatic heterocycles. The quantitative estimate of drug-likeness (QED) is 0.0126. The zero-order valence-electron chi connectivity index (χ0n) is 43.4. The van der Waals surface area contributed by atoms with Crippen LogP contribution in [0.2, 0.25) is 0 Å². The minimum Gasteiger partial charge on any atom is -0.490 e. The summed E-state index contributed by atoms with van der Waals surface area (Å²) in [5.74, 6) is -0.431. The van der Waals surface area contributed by atoms with Gasteiger partial charge in [0.05, 0.1) is 48.5 Å². The van der Waals surface area contributed by atoms with Gasteiger partial charge in [-0.05, 0) is 112 Å². The van der Waals surface area contributed by atoms with Crippen LogP contribution in [-0.2, 0) is 35.2 Å². The number of unbranched alkanes of at least 4 members (excludes halogenated alkanes) is 15. The maximum atomic E-state index is 14.8. The zero-order chi connectivity index (χ0) is 54.9. The van der Waals surface area contributed by atoms with Gasteiger partial charge in [-0.3, -0.25) is 4.48 Å². The third-order valence-corrected chi connectivity index (χ3v) is 13.1. The standard InChI is InChI=1S/C49H70BF9NO4.C7H4F3/c1-6-10-13-16-19-22-35-60(36-23-20-17-14-11-7-2,37-24-21-18-15-12-8-3)46(5,61-9-4)44-38-41(49(57,58)59)29-34-45(44)64-50(62-42-30-25-39(26-31-42)47(51,52)53)63-43-32-27-40(28-33-43)48(54,55)56;8-7(9,10)6-4-2-1-3-5-6/h25-34,38H,6-24,35-37H2,1-5H3;2-5H/q+1;-1. The van der Waals surface area contributed by atoms with E-state index in [1.54, 1.807) is 6.92 Å². The van der Waals surface area contributed by atoms with Crippen LogP contribution in [0.3, 0.4) is 0 Å². The second-order valence-electron chi connectivity index (χ2n) is 18.7. The van der Waals surface area contributed by atoms with E-state index in [2.05, 4.69) is 26.8 Å². The molecular formula is C56H74BF12NO4. The lowest BCUT2D eigenvalue weighted by Gasteiger charge is -2.52. The van der Waals surface area contributed by atoms with Crippen LogP contribution < -0.4 is 14.0 Å². The Morgan fingerprint density at radius 3 is 1.09 bits per heavy atom.